The summed E-state index contributed by atoms with van der Waals surface area (Å²) in [5.41, 5.74) is 0.249. The summed E-state index contributed by atoms with van der Waals surface area (Å²) < 4.78 is 6.24. The van der Waals surface area contributed by atoms with Crippen molar-refractivity contribution in [1.29, 1.82) is 0 Å². The molecular weight excluding hydrogens is 266 g/mol. The summed E-state index contributed by atoms with van der Waals surface area (Å²) in [6.45, 7) is 5.61. The fraction of sp³-hybridized carbons (Fsp3) is 1.00. The Morgan fingerprint density at radius 1 is 1.20 bits per heavy atom. The topological polar surface area (TPSA) is 21.3 Å². The summed E-state index contributed by atoms with van der Waals surface area (Å²) >= 11 is 2.12. The van der Waals surface area contributed by atoms with Gasteiger partial charge < -0.3 is 10.1 Å². The van der Waals surface area contributed by atoms with E-state index in [4.69, 9.17) is 4.74 Å². The summed E-state index contributed by atoms with van der Waals surface area (Å²) in [6, 6.07) is 0.668. The normalized spacial score (nSPS) is 27.9. The maximum Gasteiger partial charge on any atom is 0.0685 e. The standard InChI is InChI=1S/C17H33NOS/c1-14(2)12-20-13-16(18-3)15-7-10-19-17(11-15)8-5-4-6-9-17/h14-16,18H,4-13H2,1-3H3. The number of ether oxygens (including phenoxy) is 1. The van der Waals surface area contributed by atoms with Crippen LogP contribution in [0, 0.1) is 11.8 Å². The Morgan fingerprint density at radius 2 is 1.95 bits per heavy atom. The van der Waals surface area contributed by atoms with E-state index in [0.717, 1.165) is 18.4 Å². The molecule has 0 aromatic carbocycles. The van der Waals surface area contributed by atoms with E-state index in [1.807, 2.05) is 0 Å². The molecule has 0 radical (unpaired) electrons. The van der Waals surface area contributed by atoms with Crippen LogP contribution in [0.15, 0.2) is 0 Å². The van der Waals surface area contributed by atoms with Crippen LogP contribution in [0.3, 0.4) is 0 Å². The van der Waals surface area contributed by atoms with E-state index in [0.29, 0.717) is 6.04 Å². The number of hydrogen-bond donors (Lipinski definition) is 1. The van der Waals surface area contributed by atoms with Crippen LogP contribution in [0.5, 0.6) is 0 Å². The minimum absolute atomic E-state index is 0.249. The van der Waals surface area contributed by atoms with Gasteiger partial charge in [0, 0.05) is 18.4 Å². The van der Waals surface area contributed by atoms with Crippen LogP contribution >= 0.6 is 11.8 Å². The molecule has 1 N–H and O–H groups in total. The largest absolute Gasteiger partial charge is 0.375 e. The van der Waals surface area contributed by atoms with Gasteiger partial charge in [-0.2, -0.15) is 11.8 Å². The van der Waals surface area contributed by atoms with E-state index in [1.165, 1.54) is 56.5 Å². The highest BCUT2D eigenvalue weighted by atomic mass is 32.2. The van der Waals surface area contributed by atoms with E-state index in [-0.39, 0.29) is 5.60 Å². The lowest BCUT2D eigenvalue weighted by atomic mass is 9.74. The van der Waals surface area contributed by atoms with Crippen LogP contribution in [-0.2, 0) is 4.74 Å². The fourth-order valence-electron chi connectivity index (χ4n) is 3.84. The van der Waals surface area contributed by atoms with Gasteiger partial charge in [0.1, 0.15) is 0 Å². The second-order valence-corrected chi connectivity index (χ2v) is 8.25. The smallest absolute Gasteiger partial charge is 0.0685 e. The third kappa shape index (κ3) is 4.64. The van der Waals surface area contributed by atoms with Crippen LogP contribution in [0.25, 0.3) is 0 Å². The predicted octanol–water partition coefficient (Wildman–Crippen LogP) is 4.09. The molecule has 0 aromatic heterocycles. The number of thioether (sulfide) groups is 1. The Hall–Kier alpha value is 0.270. The molecule has 2 unspecified atom stereocenters. The van der Waals surface area contributed by atoms with E-state index >= 15 is 0 Å². The van der Waals surface area contributed by atoms with Crippen LogP contribution in [0.2, 0.25) is 0 Å². The summed E-state index contributed by atoms with van der Waals surface area (Å²) in [7, 11) is 2.14. The van der Waals surface area contributed by atoms with Gasteiger partial charge in [-0.25, -0.2) is 0 Å². The van der Waals surface area contributed by atoms with E-state index in [2.05, 4.69) is 38.0 Å². The zero-order valence-electron chi connectivity index (χ0n) is 13.6. The molecule has 1 saturated carbocycles. The van der Waals surface area contributed by atoms with Crippen molar-refractivity contribution in [2.45, 2.75) is 70.4 Å². The van der Waals surface area contributed by atoms with Crippen molar-refractivity contribution in [3.05, 3.63) is 0 Å². The van der Waals surface area contributed by atoms with Crippen molar-refractivity contribution in [3.63, 3.8) is 0 Å². The number of nitrogens with one attached hydrogen (secondary N) is 1. The average molecular weight is 300 g/mol. The second kappa shape index (κ2) is 8.05. The molecule has 3 heteroatoms. The van der Waals surface area contributed by atoms with Crippen molar-refractivity contribution in [2.24, 2.45) is 11.8 Å². The lowest BCUT2D eigenvalue weighted by Gasteiger charge is -2.45. The highest BCUT2D eigenvalue weighted by molar-refractivity contribution is 7.99. The summed E-state index contributed by atoms with van der Waals surface area (Å²) in [5.74, 6) is 4.16. The Morgan fingerprint density at radius 3 is 2.60 bits per heavy atom. The quantitative estimate of drug-likeness (QED) is 0.798. The molecule has 1 spiro atoms. The SMILES string of the molecule is CNC(CSCC(C)C)C1CCOC2(CCCCC2)C1. The predicted molar refractivity (Wildman–Crippen MR) is 89.5 cm³/mol. The third-order valence-corrected chi connectivity index (χ3v) is 6.48. The molecule has 118 valence electrons. The molecule has 1 saturated heterocycles. The van der Waals surface area contributed by atoms with Crippen molar-refractivity contribution in [1.82, 2.24) is 5.32 Å². The molecule has 2 aliphatic rings. The van der Waals surface area contributed by atoms with Crippen LogP contribution < -0.4 is 5.32 Å². The van der Waals surface area contributed by atoms with Gasteiger partial charge in [0.25, 0.3) is 0 Å². The first-order valence-electron chi connectivity index (χ1n) is 8.54. The first-order chi connectivity index (χ1) is 9.65. The van der Waals surface area contributed by atoms with Gasteiger partial charge in [-0.15, -0.1) is 0 Å². The molecule has 0 amide bonds. The van der Waals surface area contributed by atoms with Crippen molar-refractivity contribution >= 4 is 11.8 Å². The second-order valence-electron chi connectivity index (χ2n) is 7.17. The lowest BCUT2D eigenvalue weighted by molar-refractivity contribution is -0.120. The Labute approximate surface area is 129 Å². The third-order valence-electron chi connectivity index (χ3n) is 4.98. The molecule has 1 heterocycles. The first-order valence-corrected chi connectivity index (χ1v) is 9.70. The highest BCUT2D eigenvalue weighted by Crippen LogP contribution is 2.41. The number of hydrogen-bond acceptors (Lipinski definition) is 3. The molecule has 2 nitrogen and oxygen atoms in total. The molecule has 1 aliphatic heterocycles. The van der Waals surface area contributed by atoms with E-state index in [9.17, 15) is 0 Å². The minimum atomic E-state index is 0.249. The molecule has 20 heavy (non-hydrogen) atoms. The monoisotopic (exact) mass is 299 g/mol. The molecule has 0 bridgehead atoms. The maximum absolute atomic E-state index is 6.24. The van der Waals surface area contributed by atoms with Crippen LogP contribution in [0.1, 0.15) is 58.8 Å². The summed E-state index contributed by atoms with van der Waals surface area (Å²) in [4.78, 5) is 0. The number of rotatable bonds is 6. The van der Waals surface area contributed by atoms with Crippen LogP contribution in [0.4, 0.5) is 0 Å². The maximum atomic E-state index is 6.24. The Bertz CT molecular complexity index is 271. The molecule has 2 rings (SSSR count). The minimum Gasteiger partial charge on any atom is -0.375 e. The summed E-state index contributed by atoms with van der Waals surface area (Å²) in [6.07, 6.45) is 9.31. The van der Waals surface area contributed by atoms with Gasteiger partial charge in [-0.3, -0.25) is 0 Å². The van der Waals surface area contributed by atoms with Crippen molar-refractivity contribution < 1.29 is 4.74 Å². The van der Waals surface area contributed by atoms with E-state index in [1.54, 1.807) is 0 Å². The van der Waals surface area contributed by atoms with Crippen LogP contribution in [-0.4, -0.2) is 36.8 Å². The zero-order chi connectivity index (χ0) is 14.4. The lowest BCUT2D eigenvalue weighted by Crippen LogP contribution is -2.48. The average Bonchev–Trinajstić information content (AvgIpc) is 2.44. The molecule has 0 aromatic rings. The Kier molecular flexibility index (Phi) is 6.70. The van der Waals surface area contributed by atoms with Gasteiger partial charge in [-0.1, -0.05) is 33.1 Å². The Balaban J connectivity index is 1.85. The molecule has 2 atom stereocenters. The molecule has 1 aliphatic carbocycles. The summed E-state index contributed by atoms with van der Waals surface area (Å²) in [5, 5.41) is 3.59. The zero-order valence-corrected chi connectivity index (χ0v) is 14.4. The van der Waals surface area contributed by atoms with Gasteiger partial charge in [-0.05, 0) is 50.3 Å². The fourth-order valence-corrected chi connectivity index (χ4v) is 5.14. The molecule has 2 fully saturated rings. The molecular formula is C17H33NOS. The van der Waals surface area contributed by atoms with E-state index < -0.39 is 0 Å². The van der Waals surface area contributed by atoms with Gasteiger partial charge in [0.2, 0.25) is 0 Å². The van der Waals surface area contributed by atoms with Crippen molar-refractivity contribution in [2.75, 3.05) is 25.2 Å². The van der Waals surface area contributed by atoms with Crippen molar-refractivity contribution in [3.8, 4) is 0 Å². The highest BCUT2D eigenvalue weighted by Gasteiger charge is 2.40. The van der Waals surface area contributed by atoms with Gasteiger partial charge >= 0.3 is 0 Å². The first kappa shape index (κ1) is 16.6. The van der Waals surface area contributed by atoms with Gasteiger partial charge in [0.05, 0.1) is 5.60 Å². The van der Waals surface area contributed by atoms with Gasteiger partial charge in [0.15, 0.2) is 0 Å².